The maximum absolute atomic E-state index is 12.0. The second kappa shape index (κ2) is 5.81. The molecule has 2 aromatic rings. The number of carbonyl (C=O) groups is 1. The molecule has 1 aromatic carbocycles. The summed E-state index contributed by atoms with van der Waals surface area (Å²) >= 11 is 0. The lowest BCUT2D eigenvalue weighted by atomic mass is 10.1. The Kier molecular flexibility index (Phi) is 3.70. The number of carbonyl (C=O) groups excluding carboxylic acids is 1. The molecule has 1 aliphatic heterocycles. The van der Waals surface area contributed by atoms with Gasteiger partial charge in [0, 0.05) is 18.0 Å². The largest absolute Gasteiger partial charge is 0.496 e. The van der Waals surface area contributed by atoms with Crippen LogP contribution in [0.3, 0.4) is 0 Å². The highest BCUT2D eigenvalue weighted by Gasteiger charge is 2.24. The Balaban J connectivity index is 2.00. The van der Waals surface area contributed by atoms with Crippen LogP contribution in [0.25, 0.3) is 6.08 Å². The van der Waals surface area contributed by atoms with Gasteiger partial charge in [0.05, 0.1) is 12.7 Å². The minimum atomic E-state index is -0.484. The molecule has 1 aromatic heterocycles. The molecule has 0 radical (unpaired) electrons. The van der Waals surface area contributed by atoms with E-state index in [2.05, 4.69) is 9.98 Å². The molecule has 0 bridgehead atoms. The van der Waals surface area contributed by atoms with Crippen LogP contribution in [0.1, 0.15) is 16.7 Å². The monoisotopic (exact) mass is 294 g/mol. The SMILES string of the molecule is COc1ccc(C)cc1/C=C1/N=C(c2cccnc2)OC1=O. The molecule has 0 spiro atoms. The van der Waals surface area contributed by atoms with E-state index in [-0.39, 0.29) is 11.6 Å². The molecule has 0 saturated carbocycles. The van der Waals surface area contributed by atoms with Crippen molar-refractivity contribution in [2.24, 2.45) is 4.99 Å². The molecule has 5 heteroatoms. The first kappa shape index (κ1) is 14.0. The van der Waals surface area contributed by atoms with E-state index < -0.39 is 5.97 Å². The van der Waals surface area contributed by atoms with Crippen molar-refractivity contribution in [3.05, 3.63) is 65.1 Å². The van der Waals surface area contributed by atoms with E-state index in [9.17, 15) is 4.79 Å². The number of aromatic nitrogens is 1. The Labute approximate surface area is 127 Å². The topological polar surface area (TPSA) is 60.8 Å². The minimum Gasteiger partial charge on any atom is -0.496 e. The summed E-state index contributed by atoms with van der Waals surface area (Å²) in [5.74, 6) is 0.453. The maximum Gasteiger partial charge on any atom is 0.363 e. The number of cyclic esters (lactones) is 1. The average molecular weight is 294 g/mol. The van der Waals surface area contributed by atoms with Gasteiger partial charge in [0.1, 0.15) is 5.75 Å². The fourth-order valence-corrected chi connectivity index (χ4v) is 2.14. The number of esters is 1. The van der Waals surface area contributed by atoms with Crippen molar-refractivity contribution in [1.82, 2.24) is 4.98 Å². The first-order valence-electron chi connectivity index (χ1n) is 6.75. The van der Waals surface area contributed by atoms with Gasteiger partial charge in [-0.15, -0.1) is 0 Å². The Hall–Kier alpha value is -2.95. The number of ether oxygens (including phenoxy) is 2. The van der Waals surface area contributed by atoms with Crippen molar-refractivity contribution in [3.8, 4) is 5.75 Å². The van der Waals surface area contributed by atoms with Gasteiger partial charge in [-0.05, 0) is 37.3 Å². The molecule has 0 atom stereocenters. The van der Waals surface area contributed by atoms with Crippen LogP contribution in [0.5, 0.6) is 5.75 Å². The first-order valence-corrected chi connectivity index (χ1v) is 6.75. The zero-order valence-corrected chi connectivity index (χ0v) is 12.2. The van der Waals surface area contributed by atoms with Crippen molar-refractivity contribution >= 4 is 17.9 Å². The third-order valence-corrected chi connectivity index (χ3v) is 3.21. The van der Waals surface area contributed by atoms with Crippen molar-refractivity contribution in [2.45, 2.75) is 6.92 Å². The molecule has 22 heavy (non-hydrogen) atoms. The summed E-state index contributed by atoms with van der Waals surface area (Å²) in [4.78, 5) is 20.2. The summed E-state index contributed by atoms with van der Waals surface area (Å²) in [6, 6.07) is 9.27. The maximum atomic E-state index is 12.0. The average Bonchev–Trinajstić information content (AvgIpc) is 2.90. The van der Waals surface area contributed by atoms with Gasteiger partial charge >= 0.3 is 5.97 Å². The van der Waals surface area contributed by atoms with Gasteiger partial charge in [0.25, 0.3) is 0 Å². The molecule has 3 rings (SSSR count). The first-order chi connectivity index (χ1) is 10.7. The predicted molar refractivity (Wildman–Crippen MR) is 82.6 cm³/mol. The highest BCUT2D eigenvalue weighted by molar-refractivity contribution is 6.12. The van der Waals surface area contributed by atoms with Gasteiger partial charge < -0.3 is 9.47 Å². The van der Waals surface area contributed by atoms with Gasteiger partial charge in [-0.2, -0.15) is 0 Å². The summed E-state index contributed by atoms with van der Waals surface area (Å²) in [6.07, 6.45) is 4.91. The molecule has 1 aliphatic rings. The molecular weight excluding hydrogens is 280 g/mol. The molecule has 0 saturated heterocycles. The van der Waals surface area contributed by atoms with Crippen molar-refractivity contribution in [1.29, 1.82) is 0 Å². The highest BCUT2D eigenvalue weighted by Crippen LogP contribution is 2.25. The summed E-state index contributed by atoms with van der Waals surface area (Å²) in [6.45, 7) is 1.97. The number of rotatable bonds is 3. The summed E-state index contributed by atoms with van der Waals surface area (Å²) < 4.78 is 10.5. The van der Waals surface area contributed by atoms with E-state index in [0.717, 1.165) is 11.1 Å². The van der Waals surface area contributed by atoms with Crippen LogP contribution < -0.4 is 4.74 Å². The van der Waals surface area contributed by atoms with E-state index in [1.54, 1.807) is 37.7 Å². The molecule has 0 unspecified atom stereocenters. The van der Waals surface area contributed by atoms with E-state index in [1.807, 2.05) is 25.1 Å². The minimum absolute atomic E-state index is 0.239. The van der Waals surface area contributed by atoms with Crippen LogP contribution >= 0.6 is 0 Å². The van der Waals surface area contributed by atoms with E-state index >= 15 is 0 Å². The Bertz CT molecular complexity index is 780. The lowest BCUT2D eigenvalue weighted by molar-refractivity contribution is -0.129. The zero-order valence-electron chi connectivity index (χ0n) is 12.2. The van der Waals surface area contributed by atoms with Gasteiger partial charge in [-0.1, -0.05) is 11.6 Å². The third-order valence-electron chi connectivity index (χ3n) is 3.21. The van der Waals surface area contributed by atoms with Crippen molar-refractivity contribution in [2.75, 3.05) is 7.11 Å². The summed E-state index contributed by atoms with van der Waals surface area (Å²) in [5.41, 5.74) is 2.75. The van der Waals surface area contributed by atoms with Crippen LogP contribution in [0, 0.1) is 6.92 Å². The highest BCUT2D eigenvalue weighted by atomic mass is 16.6. The lowest BCUT2D eigenvalue weighted by Gasteiger charge is -2.05. The molecule has 2 heterocycles. The molecule has 110 valence electrons. The second-order valence-electron chi connectivity index (χ2n) is 4.82. The normalized spacial score (nSPS) is 15.6. The van der Waals surface area contributed by atoms with E-state index in [4.69, 9.17) is 9.47 Å². The van der Waals surface area contributed by atoms with Crippen molar-refractivity contribution in [3.63, 3.8) is 0 Å². The Morgan fingerprint density at radius 2 is 2.14 bits per heavy atom. The Morgan fingerprint density at radius 3 is 2.86 bits per heavy atom. The number of hydrogen-bond acceptors (Lipinski definition) is 5. The molecule has 0 amide bonds. The van der Waals surface area contributed by atoms with E-state index in [1.165, 1.54) is 0 Å². The van der Waals surface area contributed by atoms with Crippen LogP contribution in [-0.2, 0) is 9.53 Å². The number of nitrogens with zero attached hydrogens (tertiary/aromatic N) is 2. The van der Waals surface area contributed by atoms with Crippen molar-refractivity contribution < 1.29 is 14.3 Å². The smallest absolute Gasteiger partial charge is 0.363 e. The number of aliphatic imine (C=N–C) groups is 1. The molecule has 5 nitrogen and oxygen atoms in total. The fourth-order valence-electron chi connectivity index (χ4n) is 2.14. The number of hydrogen-bond donors (Lipinski definition) is 0. The standard InChI is InChI=1S/C17H14N2O3/c1-11-5-6-15(21-2)13(8-11)9-14-17(20)22-16(19-14)12-4-3-7-18-10-12/h3-10H,1-2H3/b14-9+. The number of aryl methyl sites for hydroxylation is 1. The quantitative estimate of drug-likeness (QED) is 0.645. The molecule has 0 fully saturated rings. The molecule has 0 aliphatic carbocycles. The number of benzene rings is 1. The lowest BCUT2D eigenvalue weighted by Crippen LogP contribution is -2.05. The molecule has 0 N–H and O–H groups in total. The van der Waals surface area contributed by atoms with Gasteiger partial charge in [0.2, 0.25) is 5.90 Å². The Morgan fingerprint density at radius 1 is 1.27 bits per heavy atom. The summed E-state index contributed by atoms with van der Waals surface area (Å²) in [7, 11) is 1.59. The van der Waals surface area contributed by atoms with Gasteiger partial charge in [-0.3, -0.25) is 4.98 Å². The number of methoxy groups -OCH3 is 1. The van der Waals surface area contributed by atoms with E-state index in [0.29, 0.717) is 11.3 Å². The number of pyridine rings is 1. The second-order valence-corrected chi connectivity index (χ2v) is 4.82. The van der Waals surface area contributed by atoms with Crippen LogP contribution in [-0.4, -0.2) is 24.0 Å². The van der Waals surface area contributed by atoms with Crippen LogP contribution in [0.2, 0.25) is 0 Å². The van der Waals surface area contributed by atoms with Gasteiger partial charge in [-0.25, -0.2) is 9.79 Å². The summed E-state index contributed by atoms with van der Waals surface area (Å²) in [5, 5.41) is 0. The van der Waals surface area contributed by atoms with Gasteiger partial charge in [0.15, 0.2) is 5.70 Å². The fraction of sp³-hybridized carbons (Fsp3) is 0.118. The van der Waals surface area contributed by atoms with Crippen LogP contribution in [0.4, 0.5) is 0 Å². The zero-order chi connectivity index (χ0) is 15.5. The molecular formula is C17H14N2O3. The third kappa shape index (κ3) is 2.74. The predicted octanol–water partition coefficient (Wildman–Crippen LogP) is 2.74. The van der Waals surface area contributed by atoms with Crippen LogP contribution in [0.15, 0.2) is 53.4 Å².